The van der Waals surface area contributed by atoms with Crippen LogP contribution in [0.2, 0.25) is 0 Å². The minimum Gasteiger partial charge on any atom is -0.393 e. The molecule has 1 N–H and O–H groups in total. The second-order valence-electron chi connectivity index (χ2n) is 14.9. The molecule has 0 unspecified atom stereocenters. The fourth-order valence-corrected chi connectivity index (χ4v) is 11.6. The molecule has 2 bridgehead atoms. The fourth-order valence-electron chi connectivity index (χ4n) is 11.6. The third kappa shape index (κ3) is 2.18. The van der Waals surface area contributed by atoms with E-state index >= 15 is 0 Å². The lowest BCUT2D eigenvalue weighted by atomic mass is 9.32. The smallest absolute Gasteiger partial charge is 0.0958 e. The van der Waals surface area contributed by atoms with Crippen molar-refractivity contribution in [2.45, 2.75) is 112 Å². The lowest BCUT2D eigenvalue weighted by Gasteiger charge is -2.73. The molecule has 0 radical (unpaired) electrons. The summed E-state index contributed by atoms with van der Waals surface area (Å²) in [5.41, 5.74) is 1.10. The third-order valence-corrected chi connectivity index (χ3v) is 13.9. The highest BCUT2D eigenvalue weighted by Gasteiger charge is 2.77. The number of aliphatic hydroxyl groups is 1. The van der Waals surface area contributed by atoms with Gasteiger partial charge in [0.05, 0.1) is 18.3 Å². The van der Waals surface area contributed by atoms with Crippen molar-refractivity contribution >= 4 is 0 Å². The summed E-state index contributed by atoms with van der Waals surface area (Å²) in [4.78, 5) is 0. The number of fused-ring (bicyclic) bond motifs is 4. The van der Waals surface area contributed by atoms with E-state index in [0.717, 1.165) is 31.3 Å². The SMILES string of the molecule is C[C@H]1[C@H](C)CC[C@@]23CC[C@]4(C)[C@@](C=C[C@@H]5[C@@]6(C)CC[C@H](O)C(C)(C)[C@@H]6CC[C@]54C)(OC2)[C@H]13. The quantitative estimate of drug-likeness (QED) is 0.410. The molecule has 1 spiro atoms. The van der Waals surface area contributed by atoms with Crippen LogP contribution in [0.25, 0.3) is 0 Å². The van der Waals surface area contributed by atoms with E-state index in [1.165, 1.54) is 38.5 Å². The van der Waals surface area contributed by atoms with Gasteiger partial charge in [0.15, 0.2) is 0 Å². The van der Waals surface area contributed by atoms with Crippen LogP contribution in [0.1, 0.15) is 99.8 Å². The topological polar surface area (TPSA) is 29.5 Å². The highest BCUT2D eigenvalue weighted by molar-refractivity contribution is 5.35. The summed E-state index contributed by atoms with van der Waals surface area (Å²) in [5, 5.41) is 10.9. The zero-order chi connectivity index (χ0) is 22.9. The van der Waals surface area contributed by atoms with Gasteiger partial charge in [-0.05, 0) is 96.7 Å². The summed E-state index contributed by atoms with van der Waals surface area (Å²) in [5.74, 6) is 3.42. The summed E-state index contributed by atoms with van der Waals surface area (Å²) < 4.78 is 7.14. The first-order chi connectivity index (χ1) is 14.9. The lowest BCUT2D eigenvalue weighted by molar-refractivity contribution is -0.246. The van der Waals surface area contributed by atoms with Gasteiger partial charge in [0.1, 0.15) is 0 Å². The fraction of sp³-hybridized carbons (Fsp3) is 0.933. The maximum absolute atomic E-state index is 10.9. The second kappa shape index (κ2) is 6.26. The molecular formula is C30H48O2. The van der Waals surface area contributed by atoms with Gasteiger partial charge in [-0.1, -0.05) is 60.6 Å². The van der Waals surface area contributed by atoms with Crippen LogP contribution in [0, 0.1) is 56.7 Å². The van der Waals surface area contributed by atoms with Crippen LogP contribution in [-0.4, -0.2) is 23.4 Å². The predicted octanol–water partition coefficient (Wildman–Crippen LogP) is 7.01. The van der Waals surface area contributed by atoms with Gasteiger partial charge in [0, 0.05) is 11.3 Å². The molecule has 5 fully saturated rings. The van der Waals surface area contributed by atoms with E-state index < -0.39 is 0 Å². The van der Waals surface area contributed by atoms with Crippen molar-refractivity contribution in [1.82, 2.24) is 0 Å². The van der Waals surface area contributed by atoms with Gasteiger partial charge in [0.25, 0.3) is 0 Å². The van der Waals surface area contributed by atoms with E-state index in [4.69, 9.17) is 4.74 Å². The first-order valence-electron chi connectivity index (χ1n) is 13.9. The van der Waals surface area contributed by atoms with Crippen molar-refractivity contribution in [2.24, 2.45) is 56.7 Å². The van der Waals surface area contributed by atoms with Gasteiger partial charge in [-0.3, -0.25) is 0 Å². The Balaban J connectivity index is 1.49. The molecule has 6 rings (SSSR count). The molecule has 32 heavy (non-hydrogen) atoms. The van der Waals surface area contributed by atoms with E-state index in [2.05, 4.69) is 60.6 Å². The van der Waals surface area contributed by atoms with E-state index in [1.54, 1.807) is 0 Å². The Labute approximate surface area is 197 Å². The Morgan fingerprint density at radius 2 is 1.62 bits per heavy atom. The maximum atomic E-state index is 10.9. The molecule has 0 aromatic heterocycles. The van der Waals surface area contributed by atoms with Crippen molar-refractivity contribution in [1.29, 1.82) is 0 Å². The molecule has 0 amide bonds. The highest BCUT2D eigenvalue weighted by atomic mass is 16.5. The summed E-state index contributed by atoms with van der Waals surface area (Å²) in [7, 11) is 0. The largest absolute Gasteiger partial charge is 0.393 e. The summed E-state index contributed by atoms with van der Waals surface area (Å²) >= 11 is 0. The van der Waals surface area contributed by atoms with Gasteiger partial charge in [0.2, 0.25) is 0 Å². The van der Waals surface area contributed by atoms with Crippen molar-refractivity contribution in [3.05, 3.63) is 12.2 Å². The van der Waals surface area contributed by atoms with Crippen LogP contribution < -0.4 is 0 Å². The first kappa shape index (κ1) is 22.1. The van der Waals surface area contributed by atoms with E-state index in [-0.39, 0.29) is 33.4 Å². The van der Waals surface area contributed by atoms with Gasteiger partial charge in [-0.2, -0.15) is 0 Å². The average Bonchev–Trinajstić information content (AvgIpc) is 3.00. The van der Waals surface area contributed by atoms with Gasteiger partial charge in [-0.15, -0.1) is 0 Å². The van der Waals surface area contributed by atoms with Gasteiger partial charge < -0.3 is 9.84 Å². The Hall–Kier alpha value is -0.340. The summed E-state index contributed by atoms with van der Waals surface area (Å²) in [6, 6.07) is 0. The average molecular weight is 441 g/mol. The molecule has 1 heterocycles. The zero-order valence-electron chi connectivity index (χ0n) is 21.8. The molecule has 1 aliphatic heterocycles. The van der Waals surface area contributed by atoms with Crippen molar-refractivity contribution in [3.8, 4) is 0 Å². The lowest BCUT2D eigenvalue weighted by Crippen LogP contribution is -2.71. The minimum absolute atomic E-state index is 0.0110. The number of hydrogen-bond donors (Lipinski definition) is 1. The number of rotatable bonds is 0. The molecule has 6 aliphatic rings. The standard InChI is InChI=1S/C30H48O2/c1-19-8-14-29-17-16-28(7)27(6)13-9-21-25(3,4)23(31)11-12-26(21,5)22(27)10-15-30(28,32-18-29)24(29)20(19)2/h10,15,19-24,31H,8-9,11-14,16-18H2,1-7H3/t19-,20+,21+,22-,23+,24-,26+,27-,28+,29-,30+/m1/s1. The Bertz CT molecular complexity index is 846. The van der Waals surface area contributed by atoms with E-state index in [9.17, 15) is 5.11 Å². The van der Waals surface area contributed by atoms with Crippen LogP contribution in [-0.2, 0) is 4.74 Å². The van der Waals surface area contributed by atoms with E-state index in [1.807, 2.05) is 0 Å². The molecule has 5 aliphatic carbocycles. The van der Waals surface area contributed by atoms with Crippen molar-refractivity contribution in [3.63, 3.8) is 0 Å². The van der Waals surface area contributed by atoms with Crippen LogP contribution in [0.3, 0.4) is 0 Å². The molecule has 11 atom stereocenters. The monoisotopic (exact) mass is 440 g/mol. The Morgan fingerprint density at radius 1 is 0.875 bits per heavy atom. The summed E-state index contributed by atoms with van der Waals surface area (Å²) in [6.07, 6.45) is 15.3. The summed E-state index contributed by atoms with van der Waals surface area (Å²) in [6.45, 7) is 18.6. The molecular weight excluding hydrogens is 392 g/mol. The maximum Gasteiger partial charge on any atom is 0.0958 e. The van der Waals surface area contributed by atoms with Crippen LogP contribution in [0.4, 0.5) is 0 Å². The number of allylic oxidation sites excluding steroid dienone is 1. The first-order valence-corrected chi connectivity index (χ1v) is 13.9. The zero-order valence-corrected chi connectivity index (χ0v) is 21.8. The molecule has 4 saturated carbocycles. The molecule has 0 aromatic carbocycles. The second-order valence-corrected chi connectivity index (χ2v) is 14.9. The van der Waals surface area contributed by atoms with Crippen molar-refractivity contribution < 1.29 is 9.84 Å². The van der Waals surface area contributed by atoms with E-state index in [0.29, 0.717) is 23.2 Å². The number of hydrogen-bond acceptors (Lipinski definition) is 2. The number of aliphatic hydroxyl groups excluding tert-OH is 1. The highest BCUT2D eigenvalue weighted by Crippen LogP contribution is 2.79. The van der Waals surface area contributed by atoms with Gasteiger partial charge >= 0.3 is 0 Å². The van der Waals surface area contributed by atoms with Crippen LogP contribution >= 0.6 is 0 Å². The predicted molar refractivity (Wildman–Crippen MR) is 130 cm³/mol. The van der Waals surface area contributed by atoms with Gasteiger partial charge in [-0.25, -0.2) is 0 Å². The van der Waals surface area contributed by atoms with Crippen LogP contribution in [0.5, 0.6) is 0 Å². The molecule has 2 heteroatoms. The van der Waals surface area contributed by atoms with Crippen molar-refractivity contribution in [2.75, 3.05) is 6.61 Å². The Kier molecular flexibility index (Phi) is 4.33. The number of ether oxygens (including phenoxy) is 1. The Morgan fingerprint density at radius 3 is 2.38 bits per heavy atom. The molecule has 1 saturated heterocycles. The minimum atomic E-state index is -0.155. The molecule has 0 aromatic rings. The van der Waals surface area contributed by atoms with Crippen LogP contribution in [0.15, 0.2) is 12.2 Å². The molecule has 2 nitrogen and oxygen atoms in total. The normalized spacial score (nSPS) is 62.5. The molecule has 180 valence electrons. The third-order valence-electron chi connectivity index (χ3n) is 13.9.